The van der Waals surface area contributed by atoms with Crippen LogP contribution < -0.4 is 0 Å². The molecule has 0 aliphatic carbocycles. The summed E-state index contributed by atoms with van der Waals surface area (Å²) >= 11 is 0. The van der Waals surface area contributed by atoms with E-state index in [1.807, 2.05) is 36.8 Å². The van der Waals surface area contributed by atoms with E-state index in [2.05, 4.69) is 22.2 Å². The number of aromatic nitrogens is 2. The van der Waals surface area contributed by atoms with Crippen LogP contribution in [0.1, 0.15) is 34.8 Å². The Morgan fingerprint density at radius 1 is 1.50 bits per heavy atom. The number of aryl methyl sites for hydroxylation is 1. The van der Waals surface area contributed by atoms with Crippen molar-refractivity contribution >= 4 is 6.08 Å². The van der Waals surface area contributed by atoms with E-state index in [0.29, 0.717) is 11.6 Å². The van der Waals surface area contributed by atoms with Crippen LogP contribution in [-0.4, -0.2) is 9.55 Å². The Balaban J connectivity index is 2.09. The molecule has 1 unspecified atom stereocenters. The molecule has 2 aromatic rings. The second kappa shape index (κ2) is 4.15. The molecule has 3 heteroatoms. The molecule has 1 aromatic heterocycles. The number of benzene rings is 1. The van der Waals surface area contributed by atoms with E-state index < -0.39 is 0 Å². The lowest BCUT2D eigenvalue weighted by Crippen LogP contribution is -2.06. The van der Waals surface area contributed by atoms with Crippen molar-refractivity contribution in [2.75, 3.05) is 0 Å². The smallest absolute Gasteiger partial charge is 0.0991 e. The van der Waals surface area contributed by atoms with Crippen LogP contribution in [-0.2, 0) is 6.42 Å². The SMILES string of the molecule is C=Cc1cc(C#N)ccc1C1CCc2cncn21. The second-order valence-electron chi connectivity index (χ2n) is 4.51. The molecular formula is C15H13N3. The van der Waals surface area contributed by atoms with Crippen molar-refractivity contribution in [1.29, 1.82) is 5.26 Å². The summed E-state index contributed by atoms with van der Waals surface area (Å²) in [6.07, 6.45) is 7.78. The van der Waals surface area contributed by atoms with Gasteiger partial charge in [0.25, 0.3) is 0 Å². The first-order chi connectivity index (χ1) is 8.83. The minimum absolute atomic E-state index is 0.322. The maximum absolute atomic E-state index is 8.94. The number of fused-ring (bicyclic) bond motifs is 1. The van der Waals surface area contributed by atoms with Crippen molar-refractivity contribution in [1.82, 2.24) is 9.55 Å². The van der Waals surface area contributed by atoms with E-state index in [1.165, 1.54) is 11.3 Å². The van der Waals surface area contributed by atoms with Crippen LogP contribution in [0.15, 0.2) is 37.3 Å². The molecule has 1 aliphatic rings. The van der Waals surface area contributed by atoms with Crippen LogP contribution in [0.25, 0.3) is 6.08 Å². The van der Waals surface area contributed by atoms with Gasteiger partial charge in [-0.25, -0.2) is 4.98 Å². The minimum atomic E-state index is 0.322. The average Bonchev–Trinajstić information content (AvgIpc) is 3.00. The number of nitrogens with zero attached hydrogens (tertiary/aromatic N) is 3. The molecule has 1 aliphatic heterocycles. The van der Waals surface area contributed by atoms with E-state index in [1.54, 1.807) is 0 Å². The highest BCUT2D eigenvalue weighted by Crippen LogP contribution is 2.33. The molecule has 1 atom stereocenters. The molecule has 0 N–H and O–H groups in total. The van der Waals surface area contributed by atoms with Crippen LogP contribution >= 0.6 is 0 Å². The summed E-state index contributed by atoms with van der Waals surface area (Å²) in [4.78, 5) is 4.19. The maximum Gasteiger partial charge on any atom is 0.0991 e. The zero-order valence-electron chi connectivity index (χ0n) is 10.0. The normalized spacial score (nSPS) is 17.2. The van der Waals surface area contributed by atoms with Gasteiger partial charge in [0.05, 0.1) is 24.0 Å². The van der Waals surface area contributed by atoms with Gasteiger partial charge in [-0.05, 0) is 36.1 Å². The van der Waals surface area contributed by atoms with Crippen molar-refractivity contribution < 1.29 is 0 Å². The largest absolute Gasteiger partial charge is 0.327 e. The predicted octanol–water partition coefficient (Wildman–Crippen LogP) is 2.93. The standard InChI is InChI=1S/C15H13N3/c1-2-12-7-11(8-16)3-5-14(12)15-6-4-13-9-17-10-18(13)15/h2-3,5,7,9-10,15H,1,4,6H2. The molecular weight excluding hydrogens is 222 g/mol. The molecule has 0 saturated carbocycles. The molecule has 0 spiro atoms. The third-order valence-corrected chi connectivity index (χ3v) is 3.55. The number of imidazole rings is 1. The molecule has 88 valence electrons. The van der Waals surface area contributed by atoms with Crippen LogP contribution in [0.3, 0.4) is 0 Å². The van der Waals surface area contributed by atoms with Gasteiger partial charge in [-0.1, -0.05) is 18.7 Å². The number of nitriles is 1. The van der Waals surface area contributed by atoms with Crippen LogP contribution in [0, 0.1) is 11.3 Å². The lowest BCUT2D eigenvalue weighted by Gasteiger charge is -2.16. The van der Waals surface area contributed by atoms with Gasteiger partial charge < -0.3 is 4.57 Å². The van der Waals surface area contributed by atoms with Gasteiger partial charge in [0.1, 0.15) is 0 Å². The molecule has 18 heavy (non-hydrogen) atoms. The summed E-state index contributed by atoms with van der Waals surface area (Å²) < 4.78 is 2.22. The Bertz CT molecular complexity index is 646. The van der Waals surface area contributed by atoms with Gasteiger partial charge in [0, 0.05) is 11.9 Å². The quantitative estimate of drug-likeness (QED) is 0.803. The van der Waals surface area contributed by atoms with Gasteiger partial charge in [-0.15, -0.1) is 0 Å². The Hall–Kier alpha value is -2.34. The zero-order chi connectivity index (χ0) is 12.5. The van der Waals surface area contributed by atoms with Gasteiger partial charge in [0.15, 0.2) is 0 Å². The zero-order valence-corrected chi connectivity index (χ0v) is 10.0. The molecule has 0 fully saturated rings. The van der Waals surface area contributed by atoms with E-state index in [-0.39, 0.29) is 0 Å². The highest BCUT2D eigenvalue weighted by atomic mass is 15.1. The lowest BCUT2D eigenvalue weighted by molar-refractivity contribution is 0.615. The van der Waals surface area contributed by atoms with E-state index in [9.17, 15) is 0 Å². The van der Waals surface area contributed by atoms with Gasteiger partial charge in [-0.2, -0.15) is 5.26 Å². The van der Waals surface area contributed by atoms with Crippen molar-refractivity contribution in [3.63, 3.8) is 0 Å². The second-order valence-corrected chi connectivity index (χ2v) is 4.51. The Morgan fingerprint density at radius 2 is 2.39 bits per heavy atom. The molecule has 2 heterocycles. The monoisotopic (exact) mass is 235 g/mol. The topological polar surface area (TPSA) is 41.6 Å². The Labute approximate surface area is 106 Å². The molecule has 0 saturated heterocycles. The third-order valence-electron chi connectivity index (χ3n) is 3.55. The average molecular weight is 235 g/mol. The first-order valence-electron chi connectivity index (χ1n) is 6.00. The highest BCUT2D eigenvalue weighted by molar-refractivity contribution is 5.56. The molecule has 0 amide bonds. The van der Waals surface area contributed by atoms with Crippen molar-refractivity contribution in [3.05, 3.63) is 59.7 Å². The van der Waals surface area contributed by atoms with Crippen LogP contribution in [0.5, 0.6) is 0 Å². The molecule has 0 bridgehead atoms. The van der Waals surface area contributed by atoms with Gasteiger partial charge in [0.2, 0.25) is 0 Å². The molecule has 0 radical (unpaired) electrons. The summed E-state index contributed by atoms with van der Waals surface area (Å²) in [7, 11) is 0. The summed E-state index contributed by atoms with van der Waals surface area (Å²) in [5.74, 6) is 0. The number of hydrogen-bond donors (Lipinski definition) is 0. The summed E-state index contributed by atoms with van der Waals surface area (Å²) in [6, 6.07) is 8.30. The van der Waals surface area contributed by atoms with E-state index in [4.69, 9.17) is 5.26 Å². The number of hydrogen-bond acceptors (Lipinski definition) is 2. The van der Waals surface area contributed by atoms with Gasteiger partial charge >= 0.3 is 0 Å². The van der Waals surface area contributed by atoms with E-state index >= 15 is 0 Å². The summed E-state index contributed by atoms with van der Waals surface area (Å²) in [6.45, 7) is 3.85. The minimum Gasteiger partial charge on any atom is -0.327 e. The highest BCUT2D eigenvalue weighted by Gasteiger charge is 2.24. The van der Waals surface area contributed by atoms with Gasteiger partial charge in [-0.3, -0.25) is 0 Å². The fourth-order valence-electron chi connectivity index (χ4n) is 2.66. The summed E-state index contributed by atoms with van der Waals surface area (Å²) in [5.41, 5.74) is 4.22. The first-order valence-corrected chi connectivity index (χ1v) is 6.00. The molecule has 3 rings (SSSR count). The maximum atomic E-state index is 8.94. The molecule has 3 nitrogen and oxygen atoms in total. The Morgan fingerprint density at radius 3 is 3.17 bits per heavy atom. The van der Waals surface area contributed by atoms with Crippen molar-refractivity contribution in [2.24, 2.45) is 0 Å². The first kappa shape index (κ1) is 10.8. The number of rotatable bonds is 2. The fourth-order valence-corrected chi connectivity index (χ4v) is 2.66. The van der Waals surface area contributed by atoms with Crippen LogP contribution in [0.2, 0.25) is 0 Å². The predicted molar refractivity (Wildman–Crippen MR) is 69.9 cm³/mol. The van der Waals surface area contributed by atoms with Crippen molar-refractivity contribution in [3.8, 4) is 6.07 Å². The van der Waals surface area contributed by atoms with Crippen LogP contribution in [0.4, 0.5) is 0 Å². The third kappa shape index (κ3) is 1.54. The van der Waals surface area contributed by atoms with Crippen molar-refractivity contribution in [2.45, 2.75) is 18.9 Å². The lowest BCUT2D eigenvalue weighted by atomic mass is 9.96. The van der Waals surface area contributed by atoms with E-state index in [0.717, 1.165) is 18.4 Å². The fraction of sp³-hybridized carbons (Fsp3) is 0.200. The molecule has 1 aromatic carbocycles. The Kier molecular flexibility index (Phi) is 2.49. The summed E-state index contributed by atoms with van der Waals surface area (Å²) in [5, 5.41) is 8.94.